The zero-order valence-corrected chi connectivity index (χ0v) is 18.6. The van der Waals surface area contributed by atoms with Crippen LogP contribution >= 0.6 is 0 Å². The second kappa shape index (κ2) is 12.2. The second-order valence-electron chi connectivity index (χ2n) is 8.81. The number of rotatable bonds is 8. The molecule has 2 N–H and O–H groups in total. The summed E-state index contributed by atoms with van der Waals surface area (Å²) in [5.41, 5.74) is 2.70. The molecule has 2 saturated heterocycles. The number of benzene rings is 1. The molecule has 1 aromatic rings. The zero-order valence-electron chi connectivity index (χ0n) is 18.6. The van der Waals surface area contributed by atoms with Gasteiger partial charge < -0.3 is 15.5 Å². The topological polar surface area (TPSA) is 42.9 Å². The second-order valence-corrected chi connectivity index (χ2v) is 8.81. The Labute approximate surface area is 178 Å². The van der Waals surface area contributed by atoms with Crippen LogP contribution in [0.2, 0.25) is 0 Å². The molecule has 29 heavy (non-hydrogen) atoms. The predicted octanol–water partition coefficient (Wildman–Crippen LogP) is 3.46. The fraction of sp³-hybridized carbons (Fsp3) is 0.708. The highest BCUT2D eigenvalue weighted by Gasteiger charge is 2.16. The van der Waals surface area contributed by atoms with Crippen molar-refractivity contribution in [1.82, 2.24) is 20.4 Å². The molecule has 0 bridgehead atoms. The first-order chi connectivity index (χ1) is 14.2. The number of guanidine groups is 1. The fourth-order valence-electron chi connectivity index (χ4n) is 4.38. The Kier molecular flexibility index (Phi) is 9.29. The molecule has 0 amide bonds. The summed E-state index contributed by atoms with van der Waals surface area (Å²) in [6, 6.07) is 9.04. The molecule has 0 atom stereocenters. The molecule has 2 fully saturated rings. The lowest BCUT2D eigenvalue weighted by molar-refractivity contribution is 0.213. The van der Waals surface area contributed by atoms with E-state index in [0.29, 0.717) is 0 Å². The van der Waals surface area contributed by atoms with E-state index in [1.807, 2.05) is 0 Å². The number of nitrogens with one attached hydrogen (secondary N) is 2. The van der Waals surface area contributed by atoms with Crippen LogP contribution in [0.4, 0.5) is 0 Å². The number of nitrogens with zero attached hydrogens (tertiary/aromatic N) is 3. The van der Waals surface area contributed by atoms with Gasteiger partial charge in [-0.1, -0.05) is 30.7 Å². The van der Waals surface area contributed by atoms with E-state index in [-0.39, 0.29) is 0 Å². The van der Waals surface area contributed by atoms with Crippen molar-refractivity contribution in [3.05, 3.63) is 35.4 Å². The zero-order chi connectivity index (χ0) is 20.3. The molecule has 3 rings (SSSR count). The standard InChI is InChI=1S/C24H41N5/c1-3-25-24(26-14-11-21-12-17-28(2)18-13-21)27-19-22-7-9-23(10-8-22)20-29-15-5-4-6-16-29/h7-10,21H,3-6,11-20H2,1-2H3,(H2,25,26,27). The third kappa shape index (κ3) is 7.98. The molecule has 5 nitrogen and oxygen atoms in total. The third-order valence-corrected chi connectivity index (χ3v) is 6.32. The maximum atomic E-state index is 4.80. The van der Waals surface area contributed by atoms with E-state index >= 15 is 0 Å². The average molecular weight is 400 g/mol. The van der Waals surface area contributed by atoms with Gasteiger partial charge in [-0.25, -0.2) is 4.99 Å². The first-order valence-electron chi connectivity index (χ1n) is 11.7. The van der Waals surface area contributed by atoms with E-state index in [9.17, 15) is 0 Å². The third-order valence-electron chi connectivity index (χ3n) is 6.32. The summed E-state index contributed by atoms with van der Waals surface area (Å²) in [7, 11) is 2.23. The maximum absolute atomic E-state index is 4.80. The van der Waals surface area contributed by atoms with Gasteiger partial charge in [0.1, 0.15) is 0 Å². The van der Waals surface area contributed by atoms with Crippen molar-refractivity contribution in [2.75, 3.05) is 46.3 Å². The Hall–Kier alpha value is -1.59. The Bertz CT molecular complexity index is 598. The first-order valence-corrected chi connectivity index (χ1v) is 11.7. The summed E-state index contributed by atoms with van der Waals surface area (Å²) in [5, 5.41) is 6.92. The molecule has 2 aliphatic rings. The minimum absolute atomic E-state index is 0.730. The number of aliphatic imine (C=N–C) groups is 1. The summed E-state index contributed by atoms with van der Waals surface area (Å²) in [6.45, 7) is 10.8. The highest BCUT2D eigenvalue weighted by molar-refractivity contribution is 5.79. The molecule has 0 aromatic heterocycles. The van der Waals surface area contributed by atoms with Gasteiger partial charge in [-0.2, -0.15) is 0 Å². The van der Waals surface area contributed by atoms with Crippen LogP contribution in [-0.2, 0) is 13.1 Å². The van der Waals surface area contributed by atoms with Crippen LogP contribution in [-0.4, -0.2) is 62.1 Å². The van der Waals surface area contributed by atoms with Crippen LogP contribution < -0.4 is 10.6 Å². The average Bonchev–Trinajstić information content (AvgIpc) is 2.75. The molecule has 0 aliphatic carbocycles. The summed E-state index contributed by atoms with van der Waals surface area (Å²) in [5.74, 6) is 1.80. The summed E-state index contributed by atoms with van der Waals surface area (Å²) in [6.07, 6.45) is 8.00. The molecule has 0 saturated carbocycles. The fourth-order valence-corrected chi connectivity index (χ4v) is 4.38. The summed E-state index contributed by atoms with van der Waals surface area (Å²) < 4.78 is 0. The number of likely N-dealkylation sites (tertiary alicyclic amines) is 2. The highest BCUT2D eigenvalue weighted by Crippen LogP contribution is 2.18. The molecule has 2 aliphatic heterocycles. The van der Waals surface area contributed by atoms with Gasteiger partial charge in [0.05, 0.1) is 6.54 Å². The molecule has 2 heterocycles. The molecule has 0 radical (unpaired) electrons. The minimum Gasteiger partial charge on any atom is -0.357 e. The van der Waals surface area contributed by atoms with Gasteiger partial charge in [0.2, 0.25) is 0 Å². The van der Waals surface area contributed by atoms with Crippen LogP contribution in [0.25, 0.3) is 0 Å². The summed E-state index contributed by atoms with van der Waals surface area (Å²) in [4.78, 5) is 9.81. The van der Waals surface area contributed by atoms with E-state index in [1.165, 1.54) is 75.8 Å². The van der Waals surface area contributed by atoms with Crippen molar-refractivity contribution in [1.29, 1.82) is 0 Å². The Morgan fingerprint density at radius 3 is 2.34 bits per heavy atom. The molecule has 162 valence electrons. The van der Waals surface area contributed by atoms with Gasteiger partial charge in [0.25, 0.3) is 0 Å². The van der Waals surface area contributed by atoms with E-state index in [2.05, 4.69) is 58.7 Å². The lowest BCUT2D eigenvalue weighted by atomic mass is 9.94. The smallest absolute Gasteiger partial charge is 0.191 e. The van der Waals surface area contributed by atoms with Gasteiger partial charge >= 0.3 is 0 Å². The van der Waals surface area contributed by atoms with E-state index < -0.39 is 0 Å². The lowest BCUT2D eigenvalue weighted by Gasteiger charge is -2.29. The largest absolute Gasteiger partial charge is 0.357 e. The van der Waals surface area contributed by atoms with Crippen molar-refractivity contribution >= 4 is 5.96 Å². The van der Waals surface area contributed by atoms with E-state index in [1.54, 1.807) is 0 Å². The van der Waals surface area contributed by atoms with Crippen LogP contribution in [0.1, 0.15) is 56.6 Å². The maximum Gasteiger partial charge on any atom is 0.191 e. The Morgan fingerprint density at radius 1 is 0.966 bits per heavy atom. The van der Waals surface area contributed by atoms with Crippen LogP contribution in [0.15, 0.2) is 29.3 Å². The monoisotopic (exact) mass is 399 g/mol. The normalized spacial score (nSPS) is 20.0. The van der Waals surface area contributed by atoms with Crippen molar-refractivity contribution in [2.24, 2.45) is 10.9 Å². The van der Waals surface area contributed by atoms with Gasteiger partial charge in [-0.05, 0) is 89.3 Å². The predicted molar refractivity (Wildman–Crippen MR) is 123 cm³/mol. The SMILES string of the molecule is CCNC(=NCc1ccc(CN2CCCCC2)cc1)NCCC1CCN(C)CC1. The molecule has 0 unspecified atom stereocenters. The van der Waals surface area contributed by atoms with Crippen molar-refractivity contribution in [3.63, 3.8) is 0 Å². The molecular weight excluding hydrogens is 358 g/mol. The first kappa shape index (κ1) is 22.1. The number of hydrogen-bond donors (Lipinski definition) is 2. The van der Waals surface area contributed by atoms with Crippen molar-refractivity contribution in [3.8, 4) is 0 Å². The van der Waals surface area contributed by atoms with Crippen LogP contribution in [0, 0.1) is 5.92 Å². The van der Waals surface area contributed by atoms with E-state index in [4.69, 9.17) is 4.99 Å². The highest BCUT2D eigenvalue weighted by atomic mass is 15.2. The molecule has 0 spiro atoms. The van der Waals surface area contributed by atoms with E-state index in [0.717, 1.165) is 38.1 Å². The number of piperidine rings is 2. The Morgan fingerprint density at radius 2 is 1.66 bits per heavy atom. The van der Waals surface area contributed by atoms with Crippen molar-refractivity contribution < 1.29 is 0 Å². The lowest BCUT2D eigenvalue weighted by Crippen LogP contribution is -2.39. The van der Waals surface area contributed by atoms with Crippen molar-refractivity contribution in [2.45, 2.75) is 58.5 Å². The quantitative estimate of drug-likeness (QED) is 0.519. The minimum atomic E-state index is 0.730. The van der Waals surface area contributed by atoms with Gasteiger partial charge in [-0.15, -0.1) is 0 Å². The molecular formula is C24H41N5. The molecule has 1 aromatic carbocycles. The Balaban J connectivity index is 1.42. The van der Waals surface area contributed by atoms with Gasteiger partial charge in [-0.3, -0.25) is 4.90 Å². The summed E-state index contributed by atoms with van der Waals surface area (Å²) >= 11 is 0. The number of hydrogen-bond acceptors (Lipinski definition) is 3. The van der Waals surface area contributed by atoms with Gasteiger partial charge in [0.15, 0.2) is 5.96 Å². The van der Waals surface area contributed by atoms with Crippen LogP contribution in [0.5, 0.6) is 0 Å². The van der Waals surface area contributed by atoms with Gasteiger partial charge in [0, 0.05) is 19.6 Å². The van der Waals surface area contributed by atoms with Crippen LogP contribution in [0.3, 0.4) is 0 Å². The molecule has 5 heteroatoms.